The van der Waals surface area contributed by atoms with Crippen LogP contribution in [-0.2, 0) is 25.4 Å². The lowest BCUT2D eigenvalue weighted by atomic mass is 10.2. The van der Waals surface area contributed by atoms with Crippen LogP contribution in [0.25, 0.3) is 11.2 Å². The predicted molar refractivity (Wildman–Crippen MR) is 132 cm³/mol. The number of benzene rings is 1. The van der Waals surface area contributed by atoms with Crippen LogP contribution in [-0.4, -0.2) is 34.7 Å². The molecule has 0 radical (unpaired) electrons. The minimum Gasteiger partial charge on any atom is -0.481 e. The highest BCUT2D eigenvalue weighted by Crippen LogP contribution is 2.47. The fraction of sp³-hybridized carbons (Fsp3) is 0.261. The average Bonchev–Trinajstić information content (AvgIpc) is 3.57. The number of anilines is 2. The van der Waals surface area contributed by atoms with Crippen LogP contribution in [0.15, 0.2) is 46.1 Å². The zero-order valence-corrected chi connectivity index (χ0v) is 20.2. The Bertz CT molecular complexity index is 1620. The third-order valence-electron chi connectivity index (χ3n) is 6.21. The van der Waals surface area contributed by atoms with Crippen molar-refractivity contribution in [2.24, 2.45) is 20.0 Å². The van der Waals surface area contributed by atoms with Crippen LogP contribution in [0.2, 0.25) is 10.0 Å². The first-order valence-corrected chi connectivity index (χ1v) is 11.5. The van der Waals surface area contributed by atoms with E-state index in [0.29, 0.717) is 39.4 Å². The van der Waals surface area contributed by atoms with Crippen molar-refractivity contribution < 1.29 is 9.90 Å². The molecule has 1 fully saturated rings. The van der Waals surface area contributed by atoms with Crippen LogP contribution in [0.5, 0.6) is 0 Å². The fourth-order valence-corrected chi connectivity index (χ4v) is 4.49. The van der Waals surface area contributed by atoms with E-state index in [1.807, 2.05) is 0 Å². The number of fused-ring (bicyclic) bond motifs is 1. The summed E-state index contributed by atoms with van der Waals surface area (Å²) in [7, 11) is 3.23. The van der Waals surface area contributed by atoms with Gasteiger partial charge >= 0.3 is 11.7 Å². The normalized spacial score (nSPS) is 17.0. The number of halogens is 2. The van der Waals surface area contributed by atoms with E-state index >= 15 is 0 Å². The van der Waals surface area contributed by atoms with Crippen molar-refractivity contribution >= 4 is 52.0 Å². The van der Waals surface area contributed by atoms with Gasteiger partial charge in [-0.05, 0) is 36.2 Å². The van der Waals surface area contributed by atoms with Gasteiger partial charge in [0.05, 0.1) is 22.5 Å². The van der Waals surface area contributed by atoms with Crippen molar-refractivity contribution in [1.29, 1.82) is 0 Å². The Labute approximate surface area is 208 Å². The van der Waals surface area contributed by atoms with Gasteiger partial charge in [-0.2, -0.15) is 4.98 Å². The minimum absolute atomic E-state index is 0.0200. The Morgan fingerprint density at radius 1 is 1.14 bits per heavy atom. The smallest absolute Gasteiger partial charge is 0.332 e. The zero-order chi connectivity index (χ0) is 25.0. The van der Waals surface area contributed by atoms with Gasteiger partial charge in [-0.25, -0.2) is 4.79 Å². The van der Waals surface area contributed by atoms with Gasteiger partial charge in [-0.3, -0.25) is 23.7 Å². The molecule has 3 aromatic heterocycles. The van der Waals surface area contributed by atoms with E-state index < -0.39 is 23.1 Å². The molecule has 1 aromatic carbocycles. The molecule has 0 spiro atoms. The molecule has 35 heavy (non-hydrogen) atoms. The topological polar surface area (TPSA) is 124 Å². The number of hydrogen-bond acceptors (Lipinski definition) is 6. The molecule has 1 saturated carbocycles. The van der Waals surface area contributed by atoms with Gasteiger partial charge in [0.15, 0.2) is 11.2 Å². The van der Waals surface area contributed by atoms with E-state index in [4.69, 9.17) is 23.2 Å². The predicted octanol–water partition coefficient (Wildman–Crippen LogP) is 3.12. The van der Waals surface area contributed by atoms with Gasteiger partial charge in [0, 0.05) is 37.6 Å². The van der Waals surface area contributed by atoms with Crippen LogP contribution >= 0.6 is 23.2 Å². The quantitative estimate of drug-likeness (QED) is 0.405. The zero-order valence-electron chi connectivity index (χ0n) is 18.7. The van der Waals surface area contributed by atoms with Gasteiger partial charge in [-0.15, -0.1) is 0 Å². The summed E-state index contributed by atoms with van der Waals surface area (Å²) in [6.07, 6.45) is 2.15. The maximum absolute atomic E-state index is 13.3. The van der Waals surface area contributed by atoms with Crippen molar-refractivity contribution in [3.8, 4) is 0 Å². The number of rotatable bonds is 6. The molecule has 1 aliphatic carbocycles. The summed E-state index contributed by atoms with van der Waals surface area (Å²) in [5, 5.41) is 13.1. The highest BCUT2D eigenvalue weighted by Gasteiger charge is 2.45. The Balaban J connectivity index is 1.52. The minimum atomic E-state index is -0.830. The molecule has 5 rings (SSSR count). The summed E-state index contributed by atoms with van der Waals surface area (Å²) in [4.78, 5) is 46.3. The third kappa shape index (κ3) is 4.08. The molecule has 0 unspecified atom stereocenters. The number of aromatic nitrogens is 5. The Hall–Kier alpha value is -3.63. The third-order valence-corrected chi connectivity index (χ3v) is 6.95. The lowest BCUT2D eigenvalue weighted by molar-refractivity contribution is -0.138. The molecule has 2 atom stereocenters. The van der Waals surface area contributed by atoms with Crippen molar-refractivity contribution in [1.82, 2.24) is 23.7 Å². The summed E-state index contributed by atoms with van der Waals surface area (Å²) < 4.78 is 4.02. The maximum atomic E-state index is 13.3. The number of pyridine rings is 1. The number of aliphatic carboxylic acids is 1. The molecule has 4 aromatic rings. The molecule has 1 aliphatic rings. The number of carbonyl (C=O) groups is 1. The average molecular weight is 515 g/mol. The van der Waals surface area contributed by atoms with E-state index in [1.54, 1.807) is 55.2 Å². The van der Waals surface area contributed by atoms with Gasteiger partial charge in [0.2, 0.25) is 5.95 Å². The lowest BCUT2D eigenvalue weighted by Crippen LogP contribution is -2.39. The highest BCUT2D eigenvalue weighted by atomic mass is 35.5. The molecule has 0 bridgehead atoms. The first kappa shape index (κ1) is 23.1. The largest absolute Gasteiger partial charge is 0.481 e. The number of aryl methyl sites for hydroxylation is 2. The Morgan fingerprint density at radius 3 is 2.60 bits per heavy atom. The van der Waals surface area contributed by atoms with E-state index in [-0.39, 0.29) is 23.6 Å². The Kier molecular flexibility index (Phi) is 5.65. The summed E-state index contributed by atoms with van der Waals surface area (Å²) >= 11 is 12.1. The number of hydrogen-bond donors (Lipinski definition) is 2. The lowest BCUT2D eigenvalue weighted by Gasteiger charge is -2.10. The van der Waals surface area contributed by atoms with Gasteiger partial charge in [0.1, 0.15) is 0 Å². The van der Waals surface area contributed by atoms with Gasteiger partial charge < -0.3 is 15.0 Å². The standard InChI is InChI=1S/C23H20Cl2N6O4/c1-29-18-19(28-22(29)27-12-5-6-26-17(8-12)13-9-14(13)21(33)34)30(2)23(35)31(20(18)32)10-11-3-4-15(24)16(25)7-11/h3-8,13-14H,9-10H2,1-2H3,(H,33,34)(H,26,27,28)/t13-,14-/m0/s1. The molecular formula is C23H20Cl2N6O4. The number of carboxylic acids is 1. The molecule has 0 aliphatic heterocycles. The molecule has 0 saturated heterocycles. The van der Waals surface area contributed by atoms with E-state index in [1.165, 1.54) is 4.57 Å². The summed E-state index contributed by atoms with van der Waals surface area (Å²) in [5.41, 5.74) is 1.45. The van der Waals surface area contributed by atoms with Crippen LogP contribution in [0.3, 0.4) is 0 Å². The molecular weight excluding hydrogens is 495 g/mol. The second kappa shape index (κ2) is 8.54. The monoisotopic (exact) mass is 514 g/mol. The van der Waals surface area contributed by atoms with E-state index in [9.17, 15) is 19.5 Å². The molecule has 0 amide bonds. The molecule has 10 nitrogen and oxygen atoms in total. The molecule has 3 heterocycles. The van der Waals surface area contributed by atoms with Crippen LogP contribution in [0.4, 0.5) is 11.6 Å². The van der Waals surface area contributed by atoms with Crippen molar-refractivity contribution in [2.75, 3.05) is 5.32 Å². The fourth-order valence-electron chi connectivity index (χ4n) is 4.17. The van der Waals surface area contributed by atoms with Gasteiger partial charge in [0.25, 0.3) is 5.56 Å². The van der Waals surface area contributed by atoms with E-state index in [2.05, 4.69) is 15.3 Å². The number of nitrogens with zero attached hydrogens (tertiary/aromatic N) is 5. The molecule has 180 valence electrons. The number of carboxylic acid groups (broad SMARTS) is 1. The molecule has 12 heteroatoms. The van der Waals surface area contributed by atoms with Crippen molar-refractivity contribution in [2.45, 2.75) is 18.9 Å². The van der Waals surface area contributed by atoms with Crippen molar-refractivity contribution in [3.63, 3.8) is 0 Å². The van der Waals surface area contributed by atoms with Crippen LogP contribution in [0.1, 0.15) is 23.6 Å². The van der Waals surface area contributed by atoms with E-state index in [0.717, 1.165) is 4.57 Å². The first-order chi connectivity index (χ1) is 16.7. The number of imidazole rings is 1. The van der Waals surface area contributed by atoms with Crippen LogP contribution in [0, 0.1) is 5.92 Å². The van der Waals surface area contributed by atoms with Crippen LogP contribution < -0.4 is 16.6 Å². The van der Waals surface area contributed by atoms with Crippen molar-refractivity contribution in [3.05, 3.63) is 78.7 Å². The maximum Gasteiger partial charge on any atom is 0.332 e. The van der Waals surface area contributed by atoms with Gasteiger partial charge in [-0.1, -0.05) is 29.3 Å². The first-order valence-electron chi connectivity index (χ1n) is 10.7. The molecule has 2 N–H and O–H groups in total. The summed E-state index contributed by atoms with van der Waals surface area (Å²) in [6, 6.07) is 8.43. The number of nitrogens with one attached hydrogen (secondary N) is 1. The second-order valence-corrected chi connectivity index (χ2v) is 9.34. The summed E-state index contributed by atoms with van der Waals surface area (Å²) in [6.45, 7) is 0.0200. The Morgan fingerprint density at radius 2 is 1.91 bits per heavy atom. The SMILES string of the molecule is Cn1c(Nc2ccnc([C@H]3C[C@@H]3C(=O)O)c2)nc2c1c(=O)n(Cc1ccc(Cl)c(Cl)c1)c(=O)n2C. The summed E-state index contributed by atoms with van der Waals surface area (Å²) in [5.74, 6) is -1.02. The second-order valence-electron chi connectivity index (χ2n) is 8.53. The highest BCUT2D eigenvalue weighted by molar-refractivity contribution is 6.42.